The molecule has 1 amide bonds. The summed E-state index contributed by atoms with van der Waals surface area (Å²) in [6, 6.07) is 8.22. The molecule has 0 fully saturated rings. The smallest absolute Gasteiger partial charge is 0.406 e. The van der Waals surface area contributed by atoms with Crippen molar-refractivity contribution in [2.45, 2.75) is 11.3 Å². The van der Waals surface area contributed by atoms with Crippen molar-refractivity contribution in [3.05, 3.63) is 53.1 Å². The van der Waals surface area contributed by atoms with Gasteiger partial charge in [0.15, 0.2) is 9.84 Å². The van der Waals surface area contributed by atoms with Gasteiger partial charge in [0.25, 0.3) is 5.91 Å². The number of hydrogen-bond acceptors (Lipinski definition) is 4. The van der Waals surface area contributed by atoms with E-state index in [1.165, 1.54) is 24.3 Å². The van der Waals surface area contributed by atoms with Crippen molar-refractivity contribution in [3.63, 3.8) is 0 Å². The summed E-state index contributed by atoms with van der Waals surface area (Å²) in [7, 11) is -3.62. The molecule has 10 heteroatoms. The highest BCUT2D eigenvalue weighted by Gasteiger charge is 2.31. The second kappa shape index (κ2) is 6.93. The van der Waals surface area contributed by atoms with Crippen molar-refractivity contribution in [1.29, 1.82) is 0 Å². The fourth-order valence-corrected chi connectivity index (χ4v) is 3.17. The van der Waals surface area contributed by atoms with Crippen LogP contribution in [0.3, 0.4) is 0 Å². The van der Waals surface area contributed by atoms with Gasteiger partial charge >= 0.3 is 6.36 Å². The largest absolute Gasteiger partial charge is 0.573 e. The third-order valence-corrected chi connectivity index (χ3v) is 4.52. The first kappa shape index (κ1) is 19.1. The van der Waals surface area contributed by atoms with Gasteiger partial charge in [-0.2, -0.15) is 0 Å². The monoisotopic (exact) mass is 393 g/mol. The molecule has 2 rings (SSSR count). The number of sulfone groups is 1. The first-order valence-electron chi connectivity index (χ1n) is 6.62. The lowest BCUT2D eigenvalue weighted by atomic mass is 10.2. The van der Waals surface area contributed by atoms with Crippen molar-refractivity contribution in [1.82, 2.24) is 0 Å². The maximum atomic E-state index is 12.2. The Morgan fingerprint density at radius 3 is 2.24 bits per heavy atom. The van der Waals surface area contributed by atoms with E-state index in [4.69, 9.17) is 11.6 Å². The van der Waals surface area contributed by atoms with Gasteiger partial charge in [-0.05, 0) is 42.5 Å². The molecule has 2 aromatic rings. The predicted octanol–water partition coefficient (Wildman–Crippen LogP) is 3.89. The van der Waals surface area contributed by atoms with Crippen LogP contribution in [0.25, 0.3) is 0 Å². The standard InChI is InChI=1S/C15H11ClF3NO4S/c1-25(22,23)13-8-9(2-7-12(13)16)14(21)20-10-3-5-11(6-4-10)24-15(17,18)19/h2-8H,1H3,(H,20,21). The highest BCUT2D eigenvalue weighted by Crippen LogP contribution is 2.25. The SMILES string of the molecule is CS(=O)(=O)c1cc(C(=O)Nc2ccc(OC(F)(F)F)cc2)ccc1Cl. The van der Waals surface area contributed by atoms with Crippen LogP contribution in [0.15, 0.2) is 47.4 Å². The Morgan fingerprint density at radius 1 is 1.12 bits per heavy atom. The van der Waals surface area contributed by atoms with Gasteiger partial charge in [0.2, 0.25) is 0 Å². The van der Waals surface area contributed by atoms with Gasteiger partial charge in [0.05, 0.1) is 9.92 Å². The summed E-state index contributed by atoms with van der Waals surface area (Å²) in [6.45, 7) is 0. The number of ether oxygens (including phenoxy) is 1. The lowest BCUT2D eigenvalue weighted by Gasteiger charge is -2.10. The Labute approximate surface area is 146 Å². The minimum absolute atomic E-state index is 0.0206. The summed E-state index contributed by atoms with van der Waals surface area (Å²) >= 11 is 5.80. The zero-order chi connectivity index (χ0) is 18.8. The molecule has 0 aliphatic rings. The van der Waals surface area contributed by atoms with Gasteiger partial charge in [-0.15, -0.1) is 13.2 Å². The Hall–Kier alpha value is -2.26. The average Bonchev–Trinajstić information content (AvgIpc) is 2.47. The minimum Gasteiger partial charge on any atom is -0.406 e. The first-order chi connectivity index (χ1) is 11.5. The molecular formula is C15H11ClF3NO4S. The number of benzene rings is 2. The van der Waals surface area contributed by atoms with Crippen LogP contribution in [0.5, 0.6) is 5.75 Å². The Bertz CT molecular complexity index is 896. The lowest BCUT2D eigenvalue weighted by Crippen LogP contribution is -2.17. The third kappa shape index (κ3) is 5.36. The van der Waals surface area contributed by atoms with Crippen LogP contribution in [-0.4, -0.2) is 26.9 Å². The number of rotatable bonds is 4. The van der Waals surface area contributed by atoms with Crippen LogP contribution in [-0.2, 0) is 9.84 Å². The molecule has 0 saturated carbocycles. The topological polar surface area (TPSA) is 72.5 Å². The van der Waals surface area contributed by atoms with Gasteiger partial charge in [-0.3, -0.25) is 4.79 Å². The van der Waals surface area contributed by atoms with E-state index in [2.05, 4.69) is 10.1 Å². The number of halogens is 4. The van der Waals surface area contributed by atoms with E-state index >= 15 is 0 Å². The van der Waals surface area contributed by atoms with E-state index < -0.39 is 27.9 Å². The molecule has 0 radical (unpaired) electrons. The quantitative estimate of drug-likeness (QED) is 0.855. The van der Waals surface area contributed by atoms with Gasteiger partial charge in [-0.25, -0.2) is 8.42 Å². The fourth-order valence-electron chi connectivity index (χ4n) is 1.87. The molecule has 0 aliphatic heterocycles. The van der Waals surface area contributed by atoms with Gasteiger partial charge in [0.1, 0.15) is 5.75 Å². The Morgan fingerprint density at radius 2 is 1.72 bits per heavy atom. The molecule has 0 aliphatic carbocycles. The summed E-state index contributed by atoms with van der Waals surface area (Å²) in [5.74, 6) is -1.08. The van der Waals surface area contributed by atoms with Crippen molar-refractivity contribution < 1.29 is 31.1 Å². The number of carbonyl (C=O) groups is 1. The molecule has 2 aromatic carbocycles. The molecule has 5 nitrogen and oxygen atoms in total. The molecule has 0 unspecified atom stereocenters. The summed E-state index contributed by atoms with van der Waals surface area (Å²) in [5.41, 5.74) is 0.232. The predicted molar refractivity (Wildman–Crippen MR) is 85.6 cm³/mol. The number of anilines is 1. The van der Waals surface area contributed by atoms with Crippen LogP contribution in [0.1, 0.15) is 10.4 Å². The van der Waals surface area contributed by atoms with E-state index in [1.54, 1.807) is 0 Å². The minimum atomic E-state index is -4.81. The summed E-state index contributed by atoms with van der Waals surface area (Å²) in [5, 5.41) is 2.41. The van der Waals surface area contributed by atoms with Crippen molar-refractivity contribution in [2.24, 2.45) is 0 Å². The number of alkyl halides is 3. The molecular weight excluding hydrogens is 383 g/mol. The summed E-state index contributed by atoms with van der Waals surface area (Å²) < 4.78 is 63.2. The van der Waals surface area contributed by atoms with Crippen LogP contribution in [0.4, 0.5) is 18.9 Å². The molecule has 1 N–H and O–H groups in total. The highest BCUT2D eigenvalue weighted by atomic mass is 35.5. The van der Waals surface area contributed by atoms with Crippen LogP contribution < -0.4 is 10.1 Å². The summed E-state index contributed by atoms with van der Waals surface area (Å²) in [6.07, 6.45) is -3.86. The third-order valence-electron chi connectivity index (χ3n) is 2.94. The van der Waals surface area contributed by atoms with Crippen molar-refractivity contribution in [2.75, 3.05) is 11.6 Å². The van der Waals surface area contributed by atoms with Crippen LogP contribution >= 0.6 is 11.6 Å². The van der Waals surface area contributed by atoms with Crippen molar-refractivity contribution in [3.8, 4) is 5.75 Å². The molecule has 25 heavy (non-hydrogen) atoms. The number of amides is 1. The fraction of sp³-hybridized carbons (Fsp3) is 0.133. The molecule has 0 atom stereocenters. The maximum Gasteiger partial charge on any atom is 0.573 e. The van der Waals surface area contributed by atoms with Crippen LogP contribution in [0.2, 0.25) is 5.02 Å². The Balaban J connectivity index is 2.17. The highest BCUT2D eigenvalue weighted by molar-refractivity contribution is 7.90. The second-order valence-electron chi connectivity index (χ2n) is 4.94. The first-order valence-corrected chi connectivity index (χ1v) is 8.89. The zero-order valence-corrected chi connectivity index (χ0v) is 14.2. The van der Waals surface area contributed by atoms with Gasteiger partial charge in [-0.1, -0.05) is 11.6 Å². The lowest BCUT2D eigenvalue weighted by molar-refractivity contribution is -0.274. The number of carbonyl (C=O) groups excluding carboxylic acids is 1. The zero-order valence-electron chi connectivity index (χ0n) is 12.6. The van der Waals surface area contributed by atoms with E-state index in [1.807, 2.05) is 0 Å². The average molecular weight is 394 g/mol. The van der Waals surface area contributed by atoms with Gasteiger partial charge < -0.3 is 10.1 Å². The normalized spacial score (nSPS) is 11.9. The van der Waals surface area contributed by atoms with E-state index in [0.717, 1.165) is 24.5 Å². The van der Waals surface area contributed by atoms with E-state index in [-0.39, 0.29) is 21.2 Å². The molecule has 134 valence electrons. The molecule has 0 aromatic heterocycles. The molecule has 0 saturated heterocycles. The van der Waals surface area contributed by atoms with E-state index in [9.17, 15) is 26.4 Å². The van der Waals surface area contributed by atoms with Crippen molar-refractivity contribution >= 4 is 33.0 Å². The summed E-state index contributed by atoms with van der Waals surface area (Å²) in [4.78, 5) is 12.0. The maximum absolute atomic E-state index is 12.2. The second-order valence-corrected chi connectivity index (χ2v) is 7.34. The Kier molecular flexibility index (Phi) is 5.28. The van der Waals surface area contributed by atoms with Gasteiger partial charge in [0, 0.05) is 17.5 Å². The molecule has 0 spiro atoms. The number of nitrogens with one attached hydrogen (secondary N) is 1. The van der Waals surface area contributed by atoms with E-state index in [0.29, 0.717) is 0 Å². The van der Waals surface area contributed by atoms with Crippen LogP contribution in [0, 0.1) is 0 Å². The molecule has 0 bridgehead atoms. The number of hydrogen-bond donors (Lipinski definition) is 1. The molecule has 0 heterocycles.